The number of hydrogen-bond acceptors (Lipinski definition) is 3. The van der Waals surface area contributed by atoms with Crippen LogP contribution in [0.25, 0.3) is 0 Å². The van der Waals surface area contributed by atoms with E-state index in [1.807, 2.05) is 37.3 Å². The van der Waals surface area contributed by atoms with Crippen LogP contribution >= 0.6 is 0 Å². The summed E-state index contributed by atoms with van der Waals surface area (Å²) >= 11 is 0. The Hall–Kier alpha value is -1.35. The van der Waals surface area contributed by atoms with Crippen molar-refractivity contribution in [3.8, 4) is 0 Å². The van der Waals surface area contributed by atoms with Gasteiger partial charge in [0.05, 0.1) is 6.61 Å². The second kappa shape index (κ2) is 5.32. The molecule has 0 radical (unpaired) electrons. The Kier molecular flexibility index (Phi) is 3.79. The lowest BCUT2D eigenvalue weighted by Gasteiger charge is -2.35. The number of esters is 1. The van der Waals surface area contributed by atoms with Crippen LogP contribution in [0, 0.1) is 0 Å². The third-order valence-corrected chi connectivity index (χ3v) is 3.38. The fourth-order valence-corrected chi connectivity index (χ4v) is 2.47. The smallest absolute Gasteiger partial charge is 0.317 e. The Labute approximate surface area is 102 Å². The molecule has 1 aromatic rings. The van der Waals surface area contributed by atoms with E-state index in [-0.39, 0.29) is 5.97 Å². The lowest BCUT2D eigenvalue weighted by Crippen LogP contribution is -2.49. The van der Waals surface area contributed by atoms with Crippen LogP contribution in [0.4, 0.5) is 0 Å². The molecule has 1 N–H and O–H groups in total. The predicted octanol–water partition coefficient (Wildman–Crippen LogP) is 1.87. The topological polar surface area (TPSA) is 38.3 Å². The number of carbonyl (C=O) groups is 1. The van der Waals surface area contributed by atoms with Gasteiger partial charge in [-0.25, -0.2) is 0 Å². The van der Waals surface area contributed by atoms with Crippen LogP contribution in [-0.2, 0) is 14.9 Å². The fraction of sp³-hybridized carbons (Fsp3) is 0.500. The number of hydrogen-bond donors (Lipinski definition) is 1. The first-order valence-electron chi connectivity index (χ1n) is 6.23. The summed E-state index contributed by atoms with van der Waals surface area (Å²) in [5, 5.41) is 3.31. The van der Waals surface area contributed by atoms with Crippen LogP contribution < -0.4 is 5.32 Å². The van der Waals surface area contributed by atoms with E-state index in [1.54, 1.807) is 0 Å². The maximum atomic E-state index is 12.3. The molecule has 3 nitrogen and oxygen atoms in total. The number of rotatable bonds is 3. The first-order valence-corrected chi connectivity index (χ1v) is 6.23. The van der Waals surface area contributed by atoms with Gasteiger partial charge in [-0.3, -0.25) is 4.79 Å². The van der Waals surface area contributed by atoms with Gasteiger partial charge in [0.2, 0.25) is 0 Å². The average Bonchev–Trinajstić information content (AvgIpc) is 2.41. The van der Waals surface area contributed by atoms with E-state index in [0.29, 0.717) is 13.2 Å². The summed E-state index contributed by atoms with van der Waals surface area (Å²) in [4.78, 5) is 12.3. The Balaban J connectivity index is 2.33. The van der Waals surface area contributed by atoms with E-state index in [1.165, 1.54) is 0 Å². The molecule has 1 aliphatic rings. The highest BCUT2D eigenvalue weighted by molar-refractivity contribution is 5.83. The molecule has 0 spiro atoms. The Bertz CT molecular complexity index is 369. The Morgan fingerprint density at radius 2 is 2.18 bits per heavy atom. The van der Waals surface area contributed by atoms with Crippen molar-refractivity contribution in [2.24, 2.45) is 0 Å². The summed E-state index contributed by atoms with van der Waals surface area (Å²) < 4.78 is 5.26. The van der Waals surface area contributed by atoms with Gasteiger partial charge in [-0.2, -0.15) is 0 Å². The summed E-state index contributed by atoms with van der Waals surface area (Å²) in [5.74, 6) is -0.0987. The first kappa shape index (κ1) is 12.1. The second-order valence-electron chi connectivity index (χ2n) is 4.45. The van der Waals surface area contributed by atoms with Crippen molar-refractivity contribution in [2.75, 3.05) is 19.7 Å². The Morgan fingerprint density at radius 3 is 2.76 bits per heavy atom. The van der Waals surface area contributed by atoms with Crippen LogP contribution in [0.1, 0.15) is 25.3 Å². The van der Waals surface area contributed by atoms with E-state index >= 15 is 0 Å². The van der Waals surface area contributed by atoms with Gasteiger partial charge >= 0.3 is 5.97 Å². The molecule has 1 saturated heterocycles. The number of piperidine rings is 1. The summed E-state index contributed by atoms with van der Waals surface area (Å²) in [6, 6.07) is 9.96. The van der Waals surface area contributed by atoms with Crippen LogP contribution in [0.15, 0.2) is 30.3 Å². The van der Waals surface area contributed by atoms with Crippen LogP contribution in [0.5, 0.6) is 0 Å². The van der Waals surface area contributed by atoms with Crippen LogP contribution in [0.3, 0.4) is 0 Å². The van der Waals surface area contributed by atoms with E-state index in [9.17, 15) is 4.79 Å². The SMILES string of the molecule is CCOC(=O)C1(c2ccccc2)CCCNC1. The number of carbonyl (C=O) groups excluding carboxylic acids is 1. The molecule has 0 aromatic heterocycles. The molecule has 1 aromatic carbocycles. The van der Waals surface area contributed by atoms with Gasteiger partial charge in [0.15, 0.2) is 0 Å². The van der Waals surface area contributed by atoms with Gasteiger partial charge in [0.25, 0.3) is 0 Å². The van der Waals surface area contributed by atoms with Crippen molar-refractivity contribution >= 4 is 5.97 Å². The van der Waals surface area contributed by atoms with E-state index in [2.05, 4.69) is 5.32 Å². The quantitative estimate of drug-likeness (QED) is 0.810. The highest BCUT2D eigenvalue weighted by atomic mass is 16.5. The van der Waals surface area contributed by atoms with Gasteiger partial charge in [-0.05, 0) is 31.9 Å². The normalized spacial score (nSPS) is 24.3. The highest BCUT2D eigenvalue weighted by Crippen LogP contribution is 2.32. The monoisotopic (exact) mass is 233 g/mol. The molecule has 1 fully saturated rings. The lowest BCUT2D eigenvalue weighted by atomic mass is 9.75. The molecule has 1 heterocycles. The summed E-state index contributed by atoms with van der Waals surface area (Å²) in [5.41, 5.74) is 0.570. The Morgan fingerprint density at radius 1 is 1.41 bits per heavy atom. The highest BCUT2D eigenvalue weighted by Gasteiger charge is 2.42. The molecule has 3 heteroatoms. The lowest BCUT2D eigenvalue weighted by molar-refractivity contribution is -0.151. The van der Waals surface area contributed by atoms with Gasteiger partial charge < -0.3 is 10.1 Å². The van der Waals surface area contributed by atoms with Crippen molar-refractivity contribution < 1.29 is 9.53 Å². The molecule has 1 aliphatic heterocycles. The van der Waals surface area contributed by atoms with Gasteiger partial charge in [-0.15, -0.1) is 0 Å². The molecule has 92 valence electrons. The minimum atomic E-state index is -0.491. The molecule has 1 atom stereocenters. The van der Waals surface area contributed by atoms with Gasteiger partial charge in [0.1, 0.15) is 5.41 Å². The second-order valence-corrected chi connectivity index (χ2v) is 4.45. The molecule has 17 heavy (non-hydrogen) atoms. The summed E-state index contributed by atoms with van der Waals surface area (Å²) in [6.45, 7) is 3.95. The number of nitrogens with one attached hydrogen (secondary N) is 1. The number of ether oxygens (including phenoxy) is 1. The predicted molar refractivity (Wildman–Crippen MR) is 66.9 cm³/mol. The maximum absolute atomic E-state index is 12.3. The molecular formula is C14H19NO2. The summed E-state index contributed by atoms with van der Waals surface area (Å²) in [6.07, 6.45) is 1.87. The molecule has 0 amide bonds. The average molecular weight is 233 g/mol. The molecular weight excluding hydrogens is 214 g/mol. The van der Waals surface area contributed by atoms with Crippen molar-refractivity contribution in [1.82, 2.24) is 5.32 Å². The molecule has 2 rings (SSSR count). The fourth-order valence-electron chi connectivity index (χ4n) is 2.47. The molecule has 0 aliphatic carbocycles. The zero-order chi connectivity index (χ0) is 12.1. The third-order valence-electron chi connectivity index (χ3n) is 3.38. The van der Waals surface area contributed by atoms with Crippen molar-refractivity contribution in [1.29, 1.82) is 0 Å². The van der Waals surface area contributed by atoms with Crippen molar-refractivity contribution in [2.45, 2.75) is 25.2 Å². The molecule has 1 unspecified atom stereocenters. The van der Waals surface area contributed by atoms with Crippen molar-refractivity contribution in [3.05, 3.63) is 35.9 Å². The van der Waals surface area contributed by atoms with E-state index in [0.717, 1.165) is 24.9 Å². The van der Waals surface area contributed by atoms with Crippen LogP contribution in [-0.4, -0.2) is 25.7 Å². The van der Waals surface area contributed by atoms with Gasteiger partial charge in [0, 0.05) is 6.54 Å². The standard InChI is InChI=1S/C14H19NO2/c1-2-17-13(16)14(9-6-10-15-11-14)12-7-4-3-5-8-12/h3-5,7-8,15H,2,6,9-11H2,1H3. The third kappa shape index (κ3) is 2.34. The van der Waals surface area contributed by atoms with E-state index in [4.69, 9.17) is 4.74 Å². The minimum absolute atomic E-state index is 0.0987. The first-order chi connectivity index (χ1) is 8.29. The van der Waals surface area contributed by atoms with Gasteiger partial charge in [-0.1, -0.05) is 30.3 Å². The summed E-state index contributed by atoms with van der Waals surface area (Å²) in [7, 11) is 0. The van der Waals surface area contributed by atoms with Crippen molar-refractivity contribution in [3.63, 3.8) is 0 Å². The minimum Gasteiger partial charge on any atom is -0.465 e. The van der Waals surface area contributed by atoms with E-state index < -0.39 is 5.41 Å². The largest absolute Gasteiger partial charge is 0.465 e. The zero-order valence-corrected chi connectivity index (χ0v) is 10.2. The maximum Gasteiger partial charge on any atom is 0.317 e. The van der Waals surface area contributed by atoms with Crippen LogP contribution in [0.2, 0.25) is 0 Å². The zero-order valence-electron chi connectivity index (χ0n) is 10.2. The number of benzene rings is 1. The molecule has 0 bridgehead atoms. The molecule has 0 saturated carbocycles.